The highest BCUT2D eigenvalue weighted by Crippen LogP contribution is 2.30. The van der Waals surface area contributed by atoms with Gasteiger partial charge in [0, 0.05) is 18.6 Å². The number of benzene rings is 1. The predicted octanol–water partition coefficient (Wildman–Crippen LogP) is 2.30. The zero-order chi connectivity index (χ0) is 21.1. The Balaban J connectivity index is 1.54. The molecule has 30 heavy (non-hydrogen) atoms. The number of rotatable bonds is 6. The van der Waals surface area contributed by atoms with Gasteiger partial charge < -0.3 is 20.2 Å². The van der Waals surface area contributed by atoms with Crippen molar-refractivity contribution < 1.29 is 14.7 Å². The van der Waals surface area contributed by atoms with Crippen LogP contribution in [0, 0.1) is 0 Å². The van der Waals surface area contributed by atoms with Crippen LogP contribution < -0.4 is 10.2 Å². The number of hydrogen-bond donors (Lipinski definition) is 2. The smallest absolute Gasteiger partial charge is 0.255 e. The van der Waals surface area contributed by atoms with Crippen LogP contribution in [0.15, 0.2) is 53.5 Å². The number of nitrogens with zero attached hydrogens (tertiary/aromatic N) is 4. The average molecular weight is 423 g/mol. The van der Waals surface area contributed by atoms with Gasteiger partial charge in [0.2, 0.25) is 5.91 Å². The number of amides is 2. The first-order valence-corrected chi connectivity index (χ1v) is 10.4. The van der Waals surface area contributed by atoms with Gasteiger partial charge in [-0.25, -0.2) is 9.97 Å². The summed E-state index contributed by atoms with van der Waals surface area (Å²) in [6, 6.07) is 10.8. The average Bonchev–Trinajstić information content (AvgIpc) is 3.28. The van der Waals surface area contributed by atoms with Gasteiger partial charge in [0.05, 0.1) is 48.2 Å². The Bertz CT molecular complexity index is 1040. The molecule has 0 bridgehead atoms. The molecular weight excluding hydrogens is 402 g/mol. The Morgan fingerprint density at radius 1 is 1.33 bits per heavy atom. The maximum absolute atomic E-state index is 12.9. The van der Waals surface area contributed by atoms with Crippen molar-refractivity contribution in [2.75, 3.05) is 30.4 Å². The van der Waals surface area contributed by atoms with E-state index in [4.69, 9.17) is 0 Å². The molecule has 2 N–H and O–H groups in total. The van der Waals surface area contributed by atoms with Gasteiger partial charge in [-0.3, -0.25) is 9.59 Å². The van der Waals surface area contributed by atoms with Crippen molar-refractivity contribution in [3.05, 3.63) is 70.3 Å². The second-order valence-corrected chi connectivity index (χ2v) is 7.74. The second-order valence-electron chi connectivity index (χ2n) is 7.02. The van der Waals surface area contributed by atoms with E-state index in [2.05, 4.69) is 15.3 Å². The standard InChI is InChI=1S/C21H21N5O3S/c1-25(11-18(27)14-5-3-2-4-6-14)21(29)15-7-17-20(22-8-15)23-9-19(28)26(17)10-16-12-30-13-24-16/h2-8,12-13,18,27H,9-11H2,1H3,(H,22,23). The number of likely N-dealkylation sites (N-methyl/N-ethyl adjacent to an activating group) is 1. The fraction of sp³-hybridized carbons (Fsp3) is 0.238. The number of aliphatic hydroxyl groups is 1. The van der Waals surface area contributed by atoms with Crippen LogP contribution >= 0.6 is 11.3 Å². The first-order valence-electron chi connectivity index (χ1n) is 9.42. The van der Waals surface area contributed by atoms with Gasteiger partial charge in [-0.1, -0.05) is 30.3 Å². The second kappa shape index (κ2) is 8.60. The van der Waals surface area contributed by atoms with Crippen molar-refractivity contribution in [2.24, 2.45) is 0 Å². The highest BCUT2D eigenvalue weighted by molar-refractivity contribution is 7.07. The fourth-order valence-electron chi connectivity index (χ4n) is 3.30. The van der Waals surface area contributed by atoms with E-state index in [0.717, 1.165) is 11.3 Å². The monoisotopic (exact) mass is 423 g/mol. The van der Waals surface area contributed by atoms with Crippen LogP contribution in [0.25, 0.3) is 0 Å². The zero-order valence-electron chi connectivity index (χ0n) is 16.4. The molecule has 1 atom stereocenters. The molecule has 3 aromatic rings. The topological polar surface area (TPSA) is 98.7 Å². The molecule has 8 nitrogen and oxygen atoms in total. The SMILES string of the molecule is CN(CC(O)c1ccccc1)C(=O)c1cnc2c(c1)N(Cc1cscn1)C(=O)CN2. The van der Waals surface area contributed by atoms with Crippen molar-refractivity contribution in [3.63, 3.8) is 0 Å². The van der Waals surface area contributed by atoms with E-state index in [-0.39, 0.29) is 24.9 Å². The lowest BCUT2D eigenvalue weighted by Crippen LogP contribution is -2.40. The summed E-state index contributed by atoms with van der Waals surface area (Å²) in [6.07, 6.45) is 0.686. The number of carbonyl (C=O) groups is 2. The number of thiazole rings is 1. The van der Waals surface area contributed by atoms with Gasteiger partial charge in [0.1, 0.15) is 0 Å². The largest absolute Gasteiger partial charge is 0.387 e. The molecule has 9 heteroatoms. The van der Waals surface area contributed by atoms with Gasteiger partial charge in [0.25, 0.3) is 5.91 Å². The van der Waals surface area contributed by atoms with Gasteiger partial charge in [0.15, 0.2) is 5.82 Å². The summed E-state index contributed by atoms with van der Waals surface area (Å²) in [5, 5.41) is 15.3. The van der Waals surface area contributed by atoms with E-state index in [1.165, 1.54) is 22.4 Å². The Kier molecular flexibility index (Phi) is 5.73. The van der Waals surface area contributed by atoms with Crippen molar-refractivity contribution >= 4 is 34.7 Å². The number of hydrogen-bond acceptors (Lipinski definition) is 7. The van der Waals surface area contributed by atoms with Gasteiger partial charge >= 0.3 is 0 Å². The molecule has 4 rings (SSSR count). The fourth-order valence-corrected chi connectivity index (χ4v) is 3.85. The minimum atomic E-state index is -0.796. The van der Waals surface area contributed by atoms with Crippen LogP contribution in [0.4, 0.5) is 11.5 Å². The third-order valence-electron chi connectivity index (χ3n) is 4.89. The lowest BCUT2D eigenvalue weighted by Gasteiger charge is -2.29. The molecule has 0 saturated carbocycles. The summed E-state index contributed by atoms with van der Waals surface area (Å²) in [4.78, 5) is 37.0. The highest BCUT2D eigenvalue weighted by Gasteiger charge is 2.27. The number of fused-ring (bicyclic) bond motifs is 1. The molecule has 1 aliphatic heterocycles. The third kappa shape index (κ3) is 4.17. The molecule has 154 valence electrons. The Labute approximate surface area is 177 Å². The van der Waals surface area contributed by atoms with E-state index < -0.39 is 6.10 Å². The molecule has 1 aromatic carbocycles. The highest BCUT2D eigenvalue weighted by atomic mass is 32.1. The number of pyridine rings is 1. The molecule has 0 fully saturated rings. The van der Waals surface area contributed by atoms with Gasteiger partial charge in [-0.2, -0.15) is 0 Å². The molecular formula is C21H21N5O3S. The van der Waals surface area contributed by atoms with Crippen LogP contribution in [0.3, 0.4) is 0 Å². The van der Waals surface area contributed by atoms with Crippen LogP contribution in [-0.2, 0) is 11.3 Å². The Morgan fingerprint density at radius 3 is 2.87 bits per heavy atom. The first-order chi connectivity index (χ1) is 14.5. The van der Waals surface area contributed by atoms with Crippen LogP contribution in [0.2, 0.25) is 0 Å². The molecule has 2 amide bonds. The van der Waals surface area contributed by atoms with Crippen molar-refractivity contribution in [3.8, 4) is 0 Å². The molecule has 0 spiro atoms. The molecule has 1 unspecified atom stereocenters. The van der Waals surface area contributed by atoms with E-state index in [0.29, 0.717) is 23.6 Å². The van der Waals surface area contributed by atoms with Crippen molar-refractivity contribution in [1.82, 2.24) is 14.9 Å². The van der Waals surface area contributed by atoms with Crippen LogP contribution in [0.1, 0.15) is 27.7 Å². The molecule has 0 radical (unpaired) electrons. The maximum atomic E-state index is 12.9. The number of aliphatic hydroxyl groups excluding tert-OH is 1. The summed E-state index contributed by atoms with van der Waals surface area (Å²) in [7, 11) is 1.63. The lowest BCUT2D eigenvalue weighted by molar-refractivity contribution is -0.117. The minimum Gasteiger partial charge on any atom is -0.387 e. The van der Waals surface area contributed by atoms with Gasteiger partial charge in [-0.15, -0.1) is 11.3 Å². The summed E-state index contributed by atoms with van der Waals surface area (Å²) < 4.78 is 0. The summed E-state index contributed by atoms with van der Waals surface area (Å²) in [6.45, 7) is 0.596. The molecule has 0 aliphatic carbocycles. The van der Waals surface area contributed by atoms with Crippen molar-refractivity contribution in [2.45, 2.75) is 12.6 Å². The summed E-state index contributed by atoms with van der Waals surface area (Å²) in [5.41, 5.74) is 4.12. The molecule has 0 saturated heterocycles. The third-order valence-corrected chi connectivity index (χ3v) is 5.53. The van der Waals surface area contributed by atoms with Gasteiger partial charge in [-0.05, 0) is 11.6 Å². The minimum absolute atomic E-state index is 0.116. The Morgan fingerprint density at radius 2 is 2.13 bits per heavy atom. The van der Waals surface area contributed by atoms with Crippen molar-refractivity contribution in [1.29, 1.82) is 0 Å². The number of carbonyl (C=O) groups excluding carboxylic acids is 2. The number of nitrogens with one attached hydrogen (secondary N) is 1. The number of aromatic nitrogens is 2. The predicted molar refractivity (Wildman–Crippen MR) is 114 cm³/mol. The molecule has 3 heterocycles. The summed E-state index contributed by atoms with van der Waals surface area (Å²) >= 11 is 1.46. The first kappa shape index (κ1) is 20.0. The van der Waals surface area contributed by atoms with E-state index in [9.17, 15) is 14.7 Å². The quantitative estimate of drug-likeness (QED) is 0.631. The zero-order valence-corrected chi connectivity index (χ0v) is 17.2. The van der Waals surface area contributed by atoms with E-state index in [1.54, 1.807) is 23.5 Å². The van der Waals surface area contributed by atoms with E-state index >= 15 is 0 Å². The van der Waals surface area contributed by atoms with Crippen LogP contribution in [0.5, 0.6) is 0 Å². The Hall–Kier alpha value is -3.30. The lowest BCUT2D eigenvalue weighted by atomic mass is 10.1. The number of anilines is 2. The maximum Gasteiger partial charge on any atom is 0.255 e. The van der Waals surface area contributed by atoms with Crippen LogP contribution in [-0.4, -0.2) is 51.9 Å². The molecule has 1 aliphatic rings. The summed E-state index contributed by atoms with van der Waals surface area (Å²) in [5.74, 6) is 0.148. The molecule has 2 aromatic heterocycles. The van der Waals surface area contributed by atoms with E-state index in [1.807, 2.05) is 35.7 Å². The normalized spacial score (nSPS) is 14.1.